The summed E-state index contributed by atoms with van der Waals surface area (Å²) in [4.78, 5) is 11.3. The molecule has 0 bridgehead atoms. The smallest absolute Gasteiger partial charge is 0.317 e. The molecule has 1 aromatic carbocycles. The fourth-order valence-corrected chi connectivity index (χ4v) is 2.01. The van der Waals surface area contributed by atoms with E-state index in [0.29, 0.717) is 11.1 Å². The van der Waals surface area contributed by atoms with Crippen LogP contribution in [0.15, 0.2) is 30.0 Å². The Labute approximate surface area is 92.5 Å². The van der Waals surface area contributed by atoms with Crippen LogP contribution in [-0.4, -0.2) is 27.4 Å². The summed E-state index contributed by atoms with van der Waals surface area (Å²) < 4.78 is 0. The Bertz CT molecular complexity index is 478. The Morgan fingerprint density at radius 3 is 2.62 bits per heavy atom. The van der Waals surface area contributed by atoms with Crippen molar-refractivity contribution in [2.75, 3.05) is 0 Å². The third-order valence-electron chi connectivity index (χ3n) is 3.09. The van der Waals surface area contributed by atoms with Gasteiger partial charge in [-0.25, -0.2) is 0 Å². The molecule has 2 atom stereocenters. The van der Waals surface area contributed by atoms with E-state index in [1.165, 1.54) is 13.0 Å². The zero-order valence-corrected chi connectivity index (χ0v) is 8.71. The lowest BCUT2D eigenvalue weighted by atomic mass is 9.71. The van der Waals surface area contributed by atoms with Crippen molar-refractivity contribution in [2.45, 2.75) is 18.4 Å². The summed E-state index contributed by atoms with van der Waals surface area (Å²) in [6.07, 6.45) is -0.0232. The normalized spacial score (nSPS) is 28.1. The molecular weight excluding hydrogens is 208 g/mol. The van der Waals surface area contributed by atoms with E-state index in [0.717, 1.165) is 0 Å². The SMILES string of the molecule is CC1(C(=O)O)c2ccccc2C=C(O)C1O. The van der Waals surface area contributed by atoms with Crippen LogP contribution in [0.5, 0.6) is 0 Å². The van der Waals surface area contributed by atoms with E-state index in [9.17, 15) is 20.1 Å². The van der Waals surface area contributed by atoms with Gasteiger partial charge in [-0.05, 0) is 24.1 Å². The molecule has 0 spiro atoms. The van der Waals surface area contributed by atoms with Gasteiger partial charge in [0.05, 0.1) is 0 Å². The maximum Gasteiger partial charge on any atom is 0.317 e. The maximum atomic E-state index is 11.3. The van der Waals surface area contributed by atoms with E-state index in [1.54, 1.807) is 24.3 Å². The molecule has 4 nitrogen and oxygen atoms in total. The minimum atomic E-state index is -1.50. The molecule has 4 heteroatoms. The lowest BCUT2D eigenvalue weighted by Gasteiger charge is -2.34. The molecule has 84 valence electrons. The predicted octanol–water partition coefficient (Wildman–Crippen LogP) is 1.30. The van der Waals surface area contributed by atoms with Crippen molar-refractivity contribution in [1.29, 1.82) is 0 Å². The molecular formula is C12H12O4. The van der Waals surface area contributed by atoms with Crippen LogP contribution in [-0.2, 0) is 10.2 Å². The summed E-state index contributed by atoms with van der Waals surface area (Å²) in [5, 5.41) is 28.6. The molecule has 1 aliphatic rings. The van der Waals surface area contributed by atoms with E-state index >= 15 is 0 Å². The number of aliphatic carboxylic acids is 1. The largest absolute Gasteiger partial charge is 0.509 e. The average molecular weight is 220 g/mol. The Hall–Kier alpha value is -1.81. The Morgan fingerprint density at radius 1 is 1.38 bits per heavy atom. The summed E-state index contributed by atoms with van der Waals surface area (Å²) in [6.45, 7) is 1.40. The second-order valence-electron chi connectivity index (χ2n) is 4.07. The van der Waals surface area contributed by atoms with Crippen LogP contribution in [0.2, 0.25) is 0 Å². The first-order valence-electron chi connectivity index (χ1n) is 4.89. The standard InChI is InChI=1S/C12H12O4/c1-12(11(15)16)8-5-3-2-4-7(8)6-9(13)10(12)14/h2-6,10,13-14H,1H3,(H,15,16). The van der Waals surface area contributed by atoms with E-state index < -0.39 is 17.5 Å². The summed E-state index contributed by atoms with van der Waals surface area (Å²) in [7, 11) is 0. The van der Waals surface area contributed by atoms with Crippen molar-refractivity contribution < 1.29 is 20.1 Å². The van der Waals surface area contributed by atoms with Gasteiger partial charge in [0.25, 0.3) is 0 Å². The Kier molecular flexibility index (Phi) is 2.24. The van der Waals surface area contributed by atoms with Crippen LogP contribution in [0.1, 0.15) is 18.1 Å². The van der Waals surface area contributed by atoms with E-state index in [2.05, 4.69) is 0 Å². The van der Waals surface area contributed by atoms with E-state index in [-0.39, 0.29) is 5.76 Å². The number of rotatable bonds is 1. The molecule has 0 radical (unpaired) electrons. The van der Waals surface area contributed by atoms with Gasteiger partial charge in [0.2, 0.25) is 0 Å². The van der Waals surface area contributed by atoms with Crippen LogP contribution in [0.3, 0.4) is 0 Å². The zero-order chi connectivity index (χ0) is 11.9. The average Bonchev–Trinajstić information content (AvgIpc) is 2.26. The van der Waals surface area contributed by atoms with Crippen LogP contribution in [0.25, 0.3) is 6.08 Å². The molecule has 2 unspecified atom stereocenters. The Balaban J connectivity index is 2.72. The highest BCUT2D eigenvalue weighted by Crippen LogP contribution is 2.38. The fourth-order valence-electron chi connectivity index (χ4n) is 2.01. The number of aliphatic hydroxyl groups excluding tert-OH is 2. The number of carboxylic acid groups (broad SMARTS) is 1. The van der Waals surface area contributed by atoms with Gasteiger partial charge in [0.15, 0.2) is 0 Å². The molecule has 0 saturated heterocycles. The highest BCUT2D eigenvalue weighted by atomic mass is 16.4. The molecule has 1 aliphatic carbocycles. The van der Waals surface area contributed by atoms with E-state index in [4.69, 9.17) is 0 Å². The van der Waals surface area contributed by atoms with Gasteiger partial charge in [-0.3, -0.25) is 4.79 Å². The summed E-state index contributed by atoms with van der Waals surface area (Å²) in [5.74, 6) is -1.48. The van der Waals surface area contributed by atoms with Gasteiger partial charge in [0.1, 0.15) is 17.3 Å². The number of carboxylic acids is 1. The first kappa shape index (κ1) is 10.7. The summed E-state index contributed by atoms with van der Waals surface area (Å²) >= 11 is 0. The molecule has 0 aliphatic heterocycles. The van der Waals surface area contributed by atoms with Gasteiger partial charge >= 0.3 is 5.97 Å². The molecule has 1 aromatic rings. The number of hydrogen-bond donors (Lipinski definition) is 3. The third kappa shape index (κ3) is 1.23. The molecule has 0 heterocycles. The van der Waals surface area contributed by atoms with E-state index in [1.807, 2.05) is 0 Å². The molecule has 0 fully saturated rings. The molecule has 0 saturated carbocycles. The van der Waals surface area contributed by atoms with Crippen molar-refractivity contribution in [2.24, 2.45) is 0 Å². The van der Waals surface area contributed by atoms with Crippen LogP contribution >= 0.6 is 0 Å². The first-order chi connectivity index (χ1) is 7.48. The second kappa shape index (κ2) is 3.35. The van der Waals surface area contributed by atoms with Gasteiger partial charge in [-0.1, -0.05) is 24.3 Å². The van der Waals surface area contributed by atoms with Crippen LogP contribution < -0.4 is 0 Å². The lowest BCUT2D eigenvalue weighted by Crippen LogP contribution is -2.47. The topological polar surface area (TPSA) is 77.8 Å². The van der Waals surface area contributed by atoms with Crippen molar-refractivity contribution in [1.82, 2.24) is 0 Å². The minimum Gasteiger partial charge on any atom is -0.509 e. The maximum absolute atomic E-state index is 11.3. The molecule has 3 N–H and O–H groups in total. The van der Waals surface area contributed by atoms with Gasteiger partial charge in [-0.15, -0.1) is 0 Å². The predicted molar refractivity (Wildman–Crippen MR) is 58.0 cm³/mol. The van der Waals surface area contributed by atoms with Crippen molar-refractivity contribution in [3.05, 3.63) is 41.2 Å². The van der Waals surface area contributed by atoms with Crippen molar-refractivity contribution in [3.63, 3.8) is 0 Å². The quantitative estimate of drug-likeness (QED) is 0.666. The third-order valence-corrected chi connectivity index (χ3v) is 3.09. The van der Waals surface area contributed by atoms with Gasteiger partial charge < -0.3 is 15.3 Å². The van der Waals surface area contributed by atoms with Gasteiger partial charge in [-0.2, -0.15) is 0 Å². The molecule has 0 amide bonds. The highest BCUT2D eigenvalue weighted by Gasteiger charge is 2.47. The monoisotopic (exact) mass is 220 g/mol. The number of hydrogen-bond acceptors (Lipinski definition) is 3. The lowest BCUT2D eigenvalue weighted by molar-refractivity contribution is -0.147. The molecule has 16 heavy (non-hydrogen) atoms. The first-order valence-corrected chi connectivity index (χ1v) is 4.89. The van der Waals surface area contributed by atoms with Crippen molar-refractivity contribution in [3.8, 4) is 0 Å². The number of carbonyl (C=O) groups is 1. The van der Waals surface area contributed by atoms with Crippen LogP contribution in [0.4, 0.5) is 0 Å². The second-order valence-corrected chi connectivity index (χ2v) is 4.07. The van der Waals surface area contributed by atoms with Gasteiger partial charge in [0, 0.05) is 0 Å². The fraction of sp³-hybridized carbons (Fsp3) is 0.250. The van der Waals surface area contributed by atoms with Crippen molar-refractivity contribution >= 4 is 12.0 Å². The minimum absolute atomic E-state index is 0.316. The highest BCUT2D eigenvalue weighted by molar-refractivity contribution is 5.86. The number of aliphatic hydroxyl groups is 2. The summed E-state index contributed by atoms with van der Waals surface area (Å²) in [6, 6.07) is 6.82. The Morgan fingerprint density at radius 2 is 2.00 bits per heavy atom. The van der Waals surface area contributed by atoms with Crippen LogP contribution in [0, 0.1) is 0 Å². The molecule has 0 aromatic heterocycles. The molecule has 2 rings (SSSR count). The zero-order valence-electron chi connectivity index (χ0n) is 8.71. The summed E-state index contributed by atoms with van der Waals surface area (Å²) in [5.41, 5.74) is -0.377. The number of fused-ring (bicyclic) bond motifs is 1. The number of benzene rings is 1.